The summed E-state index contributed by atoms with van der Waals surface area (Å²) in [6.45, 7) is -0.151. The molecule has 0 aliphatic carbocycles. The molecule has 4 heteroatoms. The van der Waals surface area contributed by atoms with Crippen LogP contribution in [0.2, 0.25) is 0 Å². The lowest BCUT2D eigenvalue weighted by Gasteiger charge is -1.97. The summed E-state index contributed by atoms with van der Waals surface area (Å²) in [5, 5.41) is 8.74. The minimum Gasteiger partial charge on any atom is -0.417 e. The van der Waals surface area contributed by atoms with Crippen LogP contribution in [0.1, 0.15) is 5.69 Å². The van der Waals surface area contributed by atoms with Crippen molar-refractivity contribution < 1.29 is 14.3 Å². The monoisotopic (exact) mass is 191 g/mol. The van der Waals surface area contributed by atoms with Gasteiger partial charge in [0.15, 0.2) is 0 Å². The number of oxazole rings is 1. The third-order valence-electron chi connectivity index (χ3n) is 1.64. The largest absolute Gasteiger partial charge is 0.417 e. The van der Waals surface area contributed by atoms with Crippen molar-refractivity contribution in [2.45, 2.75) is 6.61 Å². The van der Waals surface area contributed by atoms with Gasteiger partial charge in [-0.3, -0.25) is 0 Å². The van der Waals surface area contributed by atoms with Crippen LogP contribution < -0.4 is 4.74 Å². The van der Waals surface area contributed by atoms with Gasteiger partial charge in [-0.05, 0) is 12.1 Å². The normalized spacial score (nSPS) is 10.1. The minimum atomic E-state index is -0.151. The number of nitrogens with zero attached hydrogens (tertiary/aromatic N) is 1. The van der Waals surface area contributed by atoms with Gasteiger partial charge in [0.1, 0.15) is 17.7 Å². The second kappa shape index (κ2) is 3.93. The molecule has 0 radical (unpaired) electrons. The van der Waals surface area contributed by atoms with Crippen molar-refractivity contribution >= 4 is 0 Å². The third-order valence-corrected chi connectivity index (χ3v) is 1.64. The van der Waals surface area contributed by atoms with Gasteiger partial charge in [-0.25, -0.2) is 0 Å². The van der Waals surface area contributed by atoms with Crippen LogP contribution in [0, 0.1) is 0 Å². The molecule has 1 aromatic carbocycles. The molecule has 14 heavy (non-hydrogen) atoms. The van der Waals surface area contributed by atoms with Crippen LogP contribution in [0.25, 0.3) is 0 Å². The van der Waals surface area contributed by atoms with Crippen LogP contribution in [-0.4, -0.2) is 10.1 Å². The number of ether oxygens (including phenoxy) is 1. The summed E-state index contributed by atoms with van der Waals surface area (Å²) in [6, 6.07) is 9.18. The zero-order chi connectivity index (χ0) is 9.80. The molecule has 72 valence electrons. The first-order valence-electron chi connectivity index (χ1n) is 4.16. The molecule has 0 amide bonds. The Morgan fingerprint density at radius 3 is 2.71 bits per heavy atom. The van der Waals surface area contributed by atoms with Crippen molar-refractivity contribution in [3.05, 3.63) is 42.3 Å². The Morgan fingerprint density at radius 1 is 1.29 bits per heavy atom. The summed E-state index contributed by atoms with van der Waals surface area (Å²) in [4.78, 5) is 3.89. The standard InChI is InChI=1S/C10H9NO3/c12-6-8-7-13-10(11-8)14-9-4-2-1-3-5-9/h1-5,7,12H,6H2. The fourth-order valence-corrected chi connectivity index (χ4v) is 0.997. The SMILES string of the molecule is OCc1coc(Oc2ccccc2)n1. The number of aliphatic hydroxyl groups excluding tert-OH is 1. The fourth-order valence-electron chi connectivity index (χ4n) is 0.997. The molecule has 0 unspecified atom stereocenters. The molecule has 1 heterocycles. The van der Waals surface area contributed by atoms with E-state index < -0.39 is 0 Å². The Kier molecular flexibility index (Phi) is 2.46. The van der Waals surface area contributed by atoms with Crippen molar-refractivity contribution in [2.24, 2.45) is 0 Å². The average molecular weight is 191 g/mol. The predicted octanol–water partition coefficient (Wildman–Crippen LogP) is 1.96. The van der Waals surface area contributed by atoms with Gasteiger partial charge >= 0.3 is 6.08 Å². The molecular weight excluding hydrogens is 182 g/mol. The van der Waals surface area contributed by atoms with Crippen molar-refractivity contribution in [1.29, 1.82) is 0 Å². The number of para-hydroxylation sites is 1. The molecular formula is C10H9NO3. The molecule has 0 aliphatic heterocycles. The van der Waals surface area contributed by atoms with Gasteiger partial charge < -0.3 is 14.3 Å². The van der Waals surface area contributed by atoms with Gasteiger partial charge in [-0.1, -0.05) is 18.2 Å². The van der Waals surface area contributed by atoms with E-state index in [1.165, 1.54) is 6.26 Å². The van der Waals surface area contributed by atoms with Crippen LogP contribution in [0.4, 0.5) is 0 Å². The lowest BCUT2D eigenvalue weighted by molar-refractivity contribution is 0.276. The second-order valence-corrected chi connectivity index (χ2v) is 2.68. The molecule has 0 saturated heterocycles. The highest BCUT2D eigenvalue weighted by atomic mass is 16.6. The molecule has 2 rings (SSSR count). The van der Waals surface area contributed by atoms with Crippen LogP contribution >= 0.6 is 0 Å². The van der Waals surface area contributed by atoms with E-state index in [1.807, 2.05) is 18.2 Å². The predicted molar refractivity (Wildman–Crippen MR) is 48.9 cm³/mol. The molecule has 0 aliphatic rings. The number of hydrogen-bond acceptors (Lipinski definition) is 4. The number of aromatic nitrogens is 1. The maximum Gasteiger partial charge on any atom is 0.399 e. The van der Waals surface area contributed by atoms with E-state index in [9.17, 15) is 0 Å². The maximum absolute atomic E-state index is 8.74. The Balaban J connectivity index is 2.11. The van der Waals surface area contributed by atoms with Crippen molar-refractivity contribution in [3.63, 3.8) is 0 Å². The molecule has 1 N–H and O–H groups in total. The zero-order valence-corrected chi connectivity index (χ0v) is 7.38. The molecule has 4 nitrogen and oxygen atoms in total. The topological polar surface area (TPSA) is 55.5 Å². The van der Waals surface area contributed by atoms with E-state index >= 15 is 0 Å². The highest BCUT2D eigenvalue weighted by molar-refractivity contribution is 5.23. The zero-order valence-electron chi connectivity index (χ0n) is 7.38. The molecule has 0 saturated carbocycles. The Hall–Kier alpha value is -1.81. The molecule has 0 atom stereocenters. The molecule has 0 spiro atoms. The average Bonchev–Trinajstić information content (AvgIpc) is 2.67. The summed E-state index contributed by atoms with van der Waals surface area (Å²) in [5.41, 5.74) is 0.455. The maximum atomic E-state index is 8.74. The first-order valence-corrected chi connectivity index (χ1v) is 4.16. The van der Waals surface area contributed by atoms with Gasteiger partial charge in [-0.15, -0.1) is 0 Å². The highest BCUT2D eigenvalue weighted by Gasteiger charge is 2.04. The number of hydrogen-bond donors (Lipinski definition) is 1. The van der Waals surface area contributed by atoms with Gasteiger partial charge in [0.2, 0.25) is 0 Å². The van der Waals surface area contributed by atoms with Gasteiger partial charge in [0, 0.05) is 0 Å². The summed E-state index contributed by atoms with van der Waals surface area (Å²) in [7, 11) is 0. The first kappa shape index (κ1) is 8.77. The summed E-state index contributed by atoms with van der Waals surface area (Å²) in [5.74, 6) is 0.652. The van der Waals surface area contributed by atoms with Crippen molar-refractivity contribution in [1.82, 2.24) is 4.98 Å². The van der Waals surface area contributed by atoms with Gasteiger partial charge in [-0.2, -0.15) is 4.98 Å². The van der Waals surface area contributed by atoms with Gasteiger partial charge in [0.25, 0.3) is 0 Å². The Morgan fingerprint density at radius 2 is 2.07 bits per heavy atom. The minimum absolute atomic E-state index is 0.139. The molecule has 1 aromatic heterocycles. The Bertz CT molecular complexity index is 397. The van der Waals surface area contributed by atoms with Gasteiger partial charge in [0.05, 0.1) is 6.61 Å². The third kappa shape index (κ3) is 1.92. The van der Waals surface area contributed by atoms with Crippen LogP contribution in [0.3, 0.4) is 0 Å². The Labute approximate surface area is 80.8 Å². The van der Waals surface area contributed by atoms with E-state index in [4.69, 9.17) is 14.3 Å². The molecule has 0 fully saturated rings. The lowest BCUT2D eigenvalue weighted by Crippen LogP contribution is -1.85. The summed E-state index contributed by atoms with van der Waals surface area (Å²) < 4.78 is 10.2. The van der Waals surface area contributed by atoms with E-state index in [-0.39, 0.29) is 12.7 Å². The van der Waals surface area contributed by atoms with E-state index in [2.05, 4.69) is 4.98 Å². The van der Waals surface area contributed by atoms with E-state index in [0.717, 1.165) is 0 Å². The molecule has 2 aromatic rings. The van der Waals surface area contributed by atoms with Crippen LogP contribution in [0.5, 0.6) is 11.8 Å². The second-order valence-electron chi connectivity index (χ2n) is 2.68. The quantitative estimate of drug-likeness (QED) is 0.805. The van der Waals surface area contributed by atoms with Crippen molar-refractivity contribution in [3.8, 4) is 11.8 Å². The fraction of sp³-hybridized carbons (Fsp3) is 0.100. The van der Waals surface area contributed by atoms with Crippen LogP contribution in [0.15, 0.2) is 41.0 Å². The first-order chi connectivity index (χ1) is 6.88. The van der Waals surface area contributed by atoms with Crippen molar-refractivity contribution in [2.75, 3.05) is 0 Å². The summed E-state index contributed by atoms with van der Waals surface area (Å²) >= 11 is 0. The number of aliphatic hydroxyl groups is 1. The van der Waals surface area contributed by atoms with Crippen LogP contribution in [-0.2, 0) is 6.61 Å². The number of benzene rings is 1. The highest BCUT2D eigenvalue weighted by Crippen LogP contribution is 2.19. The van der Waals surface area contributed by atoms with E-state index in [0.29, 0.717) is 11.4 Å². The van der Waals surface area contributed by atoms with E-state index in [1.54, 1.807) is 12.1 Å². The molecule has 0 bridgehead atoms. The summed E-state index contributed by atoms with van der Waals surface area (Å²) in [6.07, 6.45) is 1.50. The number of rotatable bonds is 3. The smallest absolute Gasteiger partial charge is 0.399 e. The lowest BCUT2D eigenvalue weighted by atomic mass is 10.3.